The van der Waals surface area contributed by atoms with Crippen LogP contribution in [0.3, 0.4) is 0 Å². The van der Waals surface area contributed by atoms with Gasteiger partial charge in [-0.3, -0.25) is 9.36 Å². The van der Waals surface area contributed by atoms with E-state index in [1.807, 2.05) is 49.7 Å². The van der Waals surface area contributed by atoms with E-state index in [1.54, 1.807) is 7.11 Å². The fourth-order valence-corrected chi connectivity index (χ4v) is 5.78. The third-order valence-electron chi connectivity index (χ3n) is 7.54. The van der Waals surface area contributed by atoms with Crippen molar-refractivity contribution in [3.63, 3.8) is 0 Å². The second-order valence-corrected chi connectivity index (χ2v) is 11.1. The van der Waals surface area contributed by atoms with Gasteiger partial charge in [-0.05, 0) is 64.3 Å². The van der Waals surface area contributed by atoms with E-state index in [9.17, 15) is 0 Å². The number of rotatable bonds is 7. The molecule has 1 fully saturated rings. The first-order valence-electron chi connectivity index (χ1n) is 14.1. The number of amidine groups is 1. The molecule has 0 aliphatic heterocycles. The van der Waals surface area contributed by atoms with Crippen LogP contribution in [0.2, 0.25) is 0 Å². The van der Waals surface area contributed by atoms with Gasteiger partial charge in [-0.1, -0.05) is 37.0 Å². The molecule has 1 saturated carbocycles. The van der Waals surface area contributed by atoms with Crippen LogP contribution in [-0.2, 0) is 14.1 Å². The molecule has 210 valence electrons. The lowest BCUT2D eigenvalue weighted by atomic mass is 9.95. The van der Waals surface area contributed by atoms with E-state index in [2.05, 4.69) is 70.5 Å². The summed E-state index contributed by atoms with van der Waals surface area (Å²) in [5, 5.41) is 12.5. The molecule has 0 radical (unpaired) electrons. The van der Waals surface area contributed by atoms with Crippen molar-refractivity contribution in [2.45, 2.75) is 65.8 Å². The second kappa shape index (κ2) is 11.6. The molecule has 1 aromatic carbocycles. The number of aromatic nitrogens is 5. The number of hydrogen-bond acceptors (Lipinski definition) is 4. The zero-order valence-corrected chi connectivity index (χ0v) is 24.8. The summed E-state index contributed by atoms with van der Waals surface area (Å²) in [5.74, 6) is 2.55. The van der Waals surface area contributed by atoms with Gasteiger partial charge >= 0.3 is 0 Å². The van der Waals surface area contributed by atoms with Crippen LogP contribution in [-0.4, -0.2) is 37.1 Å². The van der Waals surface area contributed by atoms with Gasteiger partial charge in [0.25, 0.3) is 0 Å². The lowest BCUT2D eigenvalue weighted by Crippen LogP contribution is -2.15. The van der Waals surface area contributed by atoms with Crippen molar-refractivity contribution in [1.82, 2.24) is 24.1 Å². The third kappa shape index (κ3) is 5.76. The first-order chi connectivity index (χ1) is 19.2. The predicted octanol–water partition coefficient (Wildman–Crippen LogP) is 7.70. The average Bonchev–Trinajstić information content (AvgIpc) is 3.61. The Bertz CT molecular complexity index is 1560. The highest BCUT2D eigenvalue weighted by atomic mass is 16.5. The topological polar surface area (TPSA) is 74.2 Å². The molecule has 4 aromatic rings. The maximum absolute atomic E-state index is 5.80. The van der Waals surface area contributed by atoms with Crippen LogP contribution in [0, 0.1) is 6.92 Å². The zero-order valence-electron chi connectivity index (χ0n) is 24.8. The van der Waals surface area contributed by atoms with Crippen LogP contribution in [0.1, 0.15) is 70.2 Å². The largest absolute Gasteiger partial charge is 0.495 e. The summed E-state index contributed by atoms with van der Waals surface area (Å²) in [6.07, 6.45) is 14.4. The molecule has 1 N–H and O–H groups in total. The molecule has 40 heavy (non-hydrogen) atoms. The van der Waals surface area contributed by atoms with Crippen molar-refractivity contribution in [1.29, 1.82) is 0 Å². The van der Waals surface area contributed by atoms with Crippen LogP contribution < -0.4 is 10.1 Å². The number of aryl methyl sites for hydroxylation is 3. The van der Waals surface area contributed by atoms with Crippen LogP contribution in [0.4, 0.5) is 11.5 Å². The smallest absolute Gasteiger partial charge is 0.142 e. The highest BCUT2D eigenvalue weighted by molar-refractivity contribution is 5.97. The minimum absolute atomic E-state index is 0.409. The number of aliphatic imine (C=N–C) groups is 1. The molecular weight excluding hydrogens is 498 g/mol. The summed E-state index contributed by atoms with van der Waals surface area (Å²) in [6, 6.07) is 8.89. The number of hydrogen-bond donors (Lipinski definition) is 1. The van der Waals surface area contributed by atoms with E-state index in [1.165, 1.54) is 30.5 Å². The summed E-state index contributed by atoms with van der Waals surface area (Å²) in [6.45, 7) is 8.32. The van der Waals surface area contributed by atoms with Gasteiger partial charge in [-0.25, -0.2) is 4.99 Å². The lowest BCUT2D eigenvalue weighted by Gasteiger charge is -2.27. The Kier molecular flexibility index (Phi) is 7.96. The SMILES string of the molecule is COc1cc(-c2cn(C)nc2C)ccc1N/C(C)=N/c1c(C=C(C)C)cc(-c2cnn(C)c2)n1C1CCCCC1. The maximum Gasteiger partial charge on any atom is 0.142 e. The molecule has 3 heterocycles. The van der Waals surface area contributed by atoms with E-state index in [0.717, 1.165) is 63.9 Å². The van der Waals surface area contributed by atoms with Crippen molar-refractivity contribution < 1.29 is 4.74 Å². The van der Waals surface area contributed by atoms with Crippen LogP contribution in [0.5, 0.6) is 5.75 Å². The normalized spacial score (nSPS) is 14.4. The molecule has 0 saturated heterocycles. The van der Waals surface area contributed by atoms with Gasteiger partial charge in [0, 0.05) is 49.2 Å². The Hall–Kier alpha value is -4.07. The fourth-order valence-electron chi connectivity index (χ4n) is 5.78. The minimum atomic E-state index is 0.409. The monoisotopic (exact) mass is 539 g/mol. The molecule has 0 amide bonds. The molecule has 3 aromatic heterocycles. The fraction of sp³-hybridized carbons (Fsp3) is 0.406. The Morgan fingerprint density at radius 2 is 1.80 bits per heavy atom. The van der Waals surface area contributed by atoms with Crippen molar-refractivity contribution in [3.05, 3.63) is 59.7 Å². The number of ether oxygens (including phenoxy) is 1. The number of anilines is 1. The van der Waals surface area contributed by atoms with Gasteiger partial charge in [0.05, 0.1) is 30.4 Å². The standard InChI is InChI=1S/C32H41N7O/c1-21(2)15-25-16-30(26-18-33-37(5)19-26)39(27-11-9-8-10-12-27)32(25)35-23(4)34-29-14-13-24(17-31(29)40-7)28-20-38(6)36-22(28)3/h13-20,27H,8-12H2,1-7H3,(H,34,35). The van der Waals surface area contributed by atoms with Crippen LogP contribution >= 0.6 is 0 Å². The van der Waals surface area contributed by atoms with Crippen molar-refractivity contribution >= 4 is 23.4 Å². The molecule has 5 rings (SSSR count). The molecule has 1 aliphatic rings. The van der Waals surface area contributed by atoms with Gasteiger partial charge in [0.1, 0.15) is 17.4 Å². The second-order valence-electron chi connectivity index (χ2n) is 11.1. The molecule has 1 aliphatic carbocycles. The Labute approximate surface area is 237 Å². The van der Waals surface area contributed by atoms with Gasteiger partial charge in [-0.2, -0.15) is 10.2 Å². The molecule has 0 atom stereocenters. The Morgan fingerprint density at radius 3 is 2.42 bits per heavy atom. The van der Waals surface area contributed by atoms with Crippen molar-refractivity contribution in [2.24, 2.45) is 19.1 Å². The number of methoxy groups -OCH3 is 1. The van der Waals surface area contributed by atoms with Gasteiger partial charge in [0.2, 0.25) is 0 Å². The number of benzene rings is 1. The number of nitrogens with zero attached hydrogens (tertiary/aromatic N) is 6. The van der Waals surface area contributed by atoms with Crippen molar-refractivity contribution in [3.8, 4) is 28.1 Å². The first-order valence-corrected chi connectivity index (χ1v) is 14.1. The van der Waals surface area contributed by atoms with Gasteiger partial charge < -0.3 is 14.6 Å². The Morgan fingerprint density at radius 1 is 1.02 bits per heavy atom. The molecule has 8 heteroatoms. The van der Waals surface area contributed by atoms with Crippen LogP contribution in [0.15, 0.2) is 53.4 Å². The maximum atomic E-state index is 5.80. The molecule has 0 bridgehead atoms. The summed E-state index contributed by atoms with van der Waals surface area (Å²) >= 11 is 0. The average molecular weight is 540 g/mol. The summed E-state index contributed by atoms with van der Waals surface area (Å²) < 4.78 is 12.0. The van der Waals surface area contributed by atoms with E-state index in [4.69, 9.17) is 9.73 Å². The molecular formula is C32H41N7O. The highest BCUT2D eigenvalue weighted by Crippen LogP contribution is 2.41. The van der Waals surface area contributed by atoms with Gasteiger partial charge in [-0.15, -0.1) is 0 Å². The van der Waals surface area contributed by atoms with Crippen LogP contribution in [0.25, 0.3) is 28.5 Å². The first kappa shape index (κ1) is 27.5. The lowest BCUT2D eigenvalue weighted by molar-refractivity contribution is 0.358. The summed E-state index contributed by atoms with van der Waals surface area (Å²) in [4.78, 5) is 5.24. The summed E-state index contributed by atoms with van der Waals surface area (Å²) in [7, 11) is 5.61. The van der Waals surface area contributed by atoms with Gasteiger partial charge in [0.15, 0.2) is 0 Å². The quantitative estimate of drug-likeness (QED) is 0.193. The molecule has 0 unspecified atom stereocenters. The number of allylic oxidation sites excluding steroid dienone is 1. The predicted molar refractivity (Wildman–Crippen MR) is 164 cm³/mol. The summed E-state index contributed by atoms with van der Waals surface area (Å²) in [5.41, 5.74) is 8.68. The Balaban J connectivity index is 1.56. The molecule has 0 spiro atoms. The van der Waals surface area contributed by atoms with Crippen molar-refractivity contribution in [2.75, 3.05) is 12.4 Å². The minimum Gasteiger partial charge on any atom is -0.495 e. The third-order valence-corrected chi connectivity index (χ3v) is 7.54. The van der Waals surface area contributed by atoms with E-state index < -0.39 is 0 Å². The number of nitrogens with one attached hydrogen (secondary N) is 1. The molecule has 8 nitrogen and oxygen atoms in total. The van der Waals surface area contributed by atoms with E-state index in [-0.39, 0.29) is 0 Å². The zero-order chi connectivity index (χ0) is 28.4. The van der Waals surface area contributed by atoms with E-state index >= 15 is 0 Å². The van der Waals surface area contributed by atoms with E-state index in [0.29, 0.717) is 6.04 Å². The highest BCUT2D eigenvalue weighted by Gasteiger charge is 2.24.